The van der Waals surface area contributed by atoms with Gasteiger partial charge in [0.2, 0.25) is 10.0 Å². The summed E-state index contributed by atoms with van der Waals surface area (Å²) in [7, 11) is -0.369. The van der Waals surface area contributed by atoms with Crippen molar-refractivity contribution in [1.29, 1.82) is 0 Å². The Bertz CT molecular complexity index is 913. The minimum absolute atomic E-state index is 0.0620. The summed E-state index contributed by atoms with van der Waals surface area (Å²) in [5.41, 5.74) is 0. The molecule has 0 unspecified atom stereocenters. The molecule has 26 heavy (non-hydrogen) atoms. The fourth-order valence-corrected chi connectivity index (χ4v) is 5.51. The zero-order valence-corrected chi connectivity index (χ0v) is 15.7. The molecule has 1 N–H and O–H groups in total. The fourth-order valence-electron chi connectivity index (χ4n) is 4.14. The van der Waals surface area contributed by atoms with Crippen LogP contribution in [0.1, 0.15) is 6.42 Å². The van der Waals surface area contributed by atoms with Crippen LogP contribution in [0.15, 0.2) is 41.3 Å². The lowest BCUT2D eigenvalue weighted by atomic mass is 9.68. The van der Waals surface area contributed by atoms with Crippen LogP contribution in [-0.2, 0) is 19.5 Å². The lowest BCUT2D eigenvalue weighted by molar-refractivity contribution is -0.0775. The van der Waals surface area contributed by atoms with Gasteiger partial charge in [0.1, 0.15) is 5.75 Å². The van der Waals surface area contributed by atoms with Crippen molar-refractivity contribution in [3.63, 3.8) is 0 Å². The Balaban J connectivity index is 1.59. The van der Waals surface area contributed by atoms with Gasteiger partial charge in [0.15, 0.2) is 0 Å². The number of ether oxygens (including phenoxy) is 3. The maximum Gasteiger partial charge on any atom is 0.240 e. The standard InChI is InChI=1S/C19H23NO5S/c1-23-11-17-18(16-7-8-25-19(16)17)20-26(21,22)15-6-4-12-9-14(24-2)5-3-13(12)10-15/h3-6,9-10,16-20H,7-8,11H2,1-2H3/t16-,17-,18-,19-/m1/s1. The molecule has 4 rings (SSSR count). The summed E-state index contributed by atoms with van der Waals surface area (Å²) in [6, 6.07) is 10.6. The summed E-state index contributed by atoms with van der Waals surface area (Å²) in [6.07, 6.45) is 0.988. The minimum Gasteiger partial charge on any atom is -0.497 e. The molecular weight excluding hydrogens is 354 g/mol. The van der Waals surface area contributed by atoms with Gasteiger partial charge in [-0.25, -0.2) is 13.1 Å². The van der Waals surface area contributed by atoms with Crippen LogP contribution in [0.4, 0.5) is 0 Å². The maximum atomic E-state index is 12.9. The summed E-state index contributed by atoms with van der Waals surface area (Å²) < 4.78 is 44.9. The summed E-state index contributed by atoms with van der Waals surface area (Å²) >= 11 is 0. The van der Waals surface area contributed by atoms with Crippen LogP contribution in [0.2, 0.25) is 0 Å². The lowest BCUT2D eigenvalue weighted by Gasteiger charge is -2.47. The molecule has 1 saturated heterocycles. The molecule has 0 aromatic heterocycles. The van der Waals surface area contributed by atoms with E-state index in [2.05, 4.69) is 4.72 Å². The van der Waals surface area contributed by atoms with E-state index in [1.54, 1.807) is 32.4 Å². The normalized spacial score (nSPS) is 27.9. The summed E-state index contributed by atoms with van der Waals surface area (Å²) in [6.45, 7) is 1.18. The van der Waals surface area contributed by atoms with E-state index in [4.69, 9.17) is 14.2 Å². The highest BCUT2D eigenvalue weighted by atomic mass is 32.2. The van der Waals surface area contributed by atoms with Crippen molar-refractivity contribution >= 4 is 20.8 Å². The average molecular weight is 377 g/mol. The average Bonchev–Trinajstić information content (AvgIpc) is 3.08. The van der Waals surface area contributed by atoms with Crippen LogP contribution < -0.4 is 9.46 Å². The van der Waals surface area contributed by atoms with Gasteiger partial charge >= 0.3 is 0 Å². The molecule has 1 aliphatic carbocycles. The molecule has 1 saturated carbocycles. The summed E-state index contributed by atoms with van der Waals surface area (Å²) in [5, 5.41) is 1.80. The highest BCUT2D eigenvalue weighted by Crippen LogP contribution is 2.44. The van der Waals surface area contributed by atoms with Gasteiger partial charge < -0.3 is 14.2 Å². The maximum absolute atomic E-state index is 12.9. The fraction of sp³-hybridized carbons (Fsp3) is 0.474. The third kappa shape index (κ3) is 2.99. The second-order valence-corrected chi connectivity index (χ2v) is 8.64. The van der Waals surface area contributed by atoms with Crippen molar-refractivity contribution in [1.82, 2.24) is 4.72 Å². The Morgan fingerprint density at radius 2 is 1.92 bits per heavy atom. The first-order valence-electron chi connectivity index (χ1n) is 8.74. The van der Waals surface area contributed by atoms with E-state index in [0.717, 1.165) is 22.9 Å². The Morgan fingerprint density at radius 3 is 2.69 bits per heavy atom. The second-order valence-electron chi connectivity index (χ2n) is 6.93. The summed E-state index contributed by atoms with van der Waals surface area (Å²) in [4.78, 5) is 0.272. The number of sulfonamides is 1. The topological polar surface area (TPSA) is 73.9 Å². The number of methoxy groups -OCH3 is 2. The van der Waals surface area contributed by atoms with Crippen molar-refractivity contribution in [2.75, 3.05) is 27.4 Å². The van der Waals surface area contributed by atoms with Crippen molar-refractivity contribution in [2.24, 2.45) is 11.8 Å². The van der Waals surface area contributed by atoms with Crippen molar-refractivity contribution in [2.45, 2.75) is 23.5 Å². The molecule has 140 valence electrons. The quantitative estimate of drug-likeness (QED) is 0.835. The molecule has 4 atom stereocenters. The third-order valence-corrected chi connectivity index (χ3v) is 6.96. The van der Waals surface area contributed by atoms with Gasteiger partial charge in [-0.2, -0.15) is 0 Å². The Labute approximate surface area is 153 Å². The number of rotatable bonds is 6. The third-order valence-electron chi connectivity index (χ3n) is 5.51. The molecular formula is C19H23NO5S. The van der Waals surface area contributed by atoms with Crippen molar-refractivity contribution in [3.05, 3.63) is 36.4 Å². The molecule has 0 radical (unpaired) electrons. The molecule has 1 aliphatic heterocycles. The SMILES string of the molecule is COC[C@@H]1[C@H](NS(=O)(=O)c2ccc3cc(OC)ccc3c2)[C@H]2CCO[C@H]21. The molecule has 1 heterocycles. The number of fused-ring (bicyclic) bond motifs is 2. The Kier molecular flexibility index (Phi) is 4.64. The Morgan fingerprint density at radius 1 is 1.15 bits per heavy atom. The van der Waals surface area contributed by atoms with E-state index in [1.165, 1.54) is 0 Å². The molecule has 2 aliphatic rings. The van der Waals surface area contributed by atoms with Crippen LogP contribution >= 0.6 is 0 Å². The molecule has 2 aromatic rings. The number of nitrogens with one attached hydrogen (secondary N) is 1. The van der Waals surface area contributed by atoms with Gasteiger partial charge in [-0.1, -0.05) is 12.1 Å². The van der Waals surface area contributed by atoms with Gasteiger partial charge in [-0.05, 0) is 41.5 Å². The first-order valence-corrected chi connectivity index (χ1v) is 10.2. The lowest BCUT2D eigenvalue weighted by Crippen LogP contribution is -2.62. The zero-order chi connectivity index (χ0) is 18.3. The van der Waals surface area contributed by atoms with Crippen molar-refractivity contribution in [3.8, 4) is 5.75 Å². The van der Waals surface area contributed by atoms with E-state index >= 15 is 0 Å². The van der Waals surface area contributed by atoms with Crippen LogP contribution in [0.3, 0.4) is 0 Å². The smallest absolute Gasteiger partial charge is 0.240 e. The Hall–Kier alpha value is -1.67. The predicted molar refractivity (Wildman–Crippen MR) is 97.8 cm³/mol. The van der Waals surface area contributed by atoms with Crippen molar-refractivity contribution < 1.29 is 22.6 Å². The second kappa shape index (κ2) is 6.81. The monoisotopic (exact) mass is 377 g/mol. The number of benzene rings is 2. The highest BCUT2D eigenvalue weighted by Gasteiger charge is 2.54. The first-order chi connectivity index (χ1) is 12.5. The van der Waals surface area contributed by atoms with E-state index in [9.17, 15) is 8.42 Å². The van der Waals surface area contributed by atoms with E-state index < -0.39 is 10.0 Å². The van der Waals surface area contributed by atoms with E-state index in [-0.39, 0.29) is 28.9 Å². The highest BCUT2D eigenvalue weighted by molar-refractivity contribution is 7.89. The van der Waals surface area contributed by atoms with Gasteiger partial charge in [-0.15, -0.1) is 0 Å². The van der Waals surface area contributed by atoms with E-state index in [1.807, 2.05) is 18.2 Å². The largest absolute Gasteiger partial charge is 0.497 e. The number of hydrogen-bond acceptors (Lipinski definition) is 5. The number of hydrogen-bond donors (Lipinski definition) is 1. The molecule has 2 aromatic carbocycles. The molecule has 0 amide bonds. The van der Waals surface area contributed by atoms with Gasteiger partial charge in [0, 0.05) is 31.6 Å². The first kappa shape index (κ1) is 17.7. The molecule has 6 nitrogen and oxygen atoms in total. The summed E-state index contributed by atoms with van der Waals surface area (Å²) in [5.74, 6) is 1.04. The molecule has 7 heteroatoms. The van der Waals surface area contributed by atoms with Crippen LogP contribution in [0.25, 0.3) is 10.8 Å². The molecule has 2 fully saturated rings. The van der Waals surface area contributed by atoms with Crippen LogP contribution in [0, 0.1) is 11.8 Å². The van der Waals surface area contributed by atoms with Crippen LogP contribution in [0.5, 0.6) is 5.75 Å². The minimum atomic E-state index is -3.61. The molecule has 0 bridgehead atoms. The van der Waals surface area contributed by atoms with Gasteiger partial charge in [0.05, 0.1) is 24.7 Å². The van der Waals surface area contributed by atoms with E-state index in [0.29, 0.717) is 13.2 Å². The molecule has 0 spiro atoms. The predicted octanol–water partition coefficient (Wildman–Crippen LogP) is 2.18. The zero-order valence-electron chi connectivity index (χ0n) is 14.8. The van der Waals surface area contributed by atoms with Crippen LogP contribution in [-0.4, -0.2) is 48.0 Å². The van der Waals surface area contributed by atoms with Gasteiger partial charge in [-0.3, -0.25) is 0 Å². The van der Waals surface area contributed by atoms with Gasteiger partial charge in [0.25, 0.3) is 0 Å².